The van der Waals surface area contributed by atoms with Crippen LogP contribution < -0.4 is 51.4 Å². The minimum atomic E-state index is 0. The van der Waals surface area contributed by atoms with E-state index in [0.29, 0.717) is 0 Å². The number of hydrogen-bond acceptors (Lipinski definition) is 0. The fraction of sp³-hybridized carbons (Fsp3) is 0. The Hall–Kier alpha value is 0.0764. The molecule has 0 unspecified atom stereocenters. The first kappa shape index (κ1) is 11.2. The van der Waals surface area contributed by atoms with Gasteiger partial charge in [-0.15, -0.1) is 12.1 Å². The molecule has 0 nitrogen and oxygen atoms in total. The Bertz CT molecular complexity index is 303. The predicted octanol–water partition coefficient (Wildman–Crippen LogP) is -0.0420. The van der Waals surface area contributed by atoms with Crippen LogP contribution in [-0.4, -0.2) is 0 Å². The van der Waals surface area contributed by atoms with Gasteiger partial charge in [-0.3, -0.25) is 0 Å². The molecule has 0 aliphatic heterocycles. The van der Waals surface area contributed by atoms with Crippen LogP contribution >= 0.6 is 0 Å². The molecule has 0 aliphatic rings. The fourth-order valence-corrected chi connectivity index (χ4v) is 1.12. The smallest absolute Gasteiger partial charge is 0.226 e. The molecular weight excluding hydrogens is 183 g/mol. The van der Waals surface area contributed by atoms with Crippen LogP contribution in [0.2, 0.25) is 0 Å². The SMILES string of the molecule is [K+].[c-]1ccccc1-c1[c-]cccc1. The van der Waals surface area contributed by atoms with Crippen LogP contribution in [-0.2, 0) is 0 Å². The van der Waals surface area contributed by atoms with Gasteiger partial charge in [0.15, 0.2) is 0 Å². The zero-order chi connectivity index (χ0) is 8.23. The molecule has 2 rings (SSSR count). The van der Waals surface area contributed by atoms with Gasteiger partial charge in [0, 0.05) is 0 Å². The molecule has 0 bridgehead atoms. The van der Waals surface area contributed by atoms with Gasteiger partial charge in [-0.05, 0) is 0 Å². The van der Waals surface area contributed by atoms with E-state index >= 15 is 0 Å². The van der Waals surface area contributed by atoms with Gasteiger partial charge in [0.25, 0.3) is 0 Å². The Kier molecular flexibility index (Phi) is 4.92. The summed E-state index contributed by atoms with van der Waals surface area (Å²) in [5.74, 6) is 0. The molecule has 13 heavy (non-hydrogen) atoms. The minimum absolute atomic E-state index is 0. The third kappa shape index (κ3) is 3.04. The van der Waals surface area contributed by atoms with E-state index in [1.54, 1.807) is 0 Å². The first-order valence-electron chi connectivity index (χ1n) is 3.90. The molecule has 0 saturated heterocycles. The van der Waals surface area contributed by atoms with Gasteiger partial charge in [0.2, 0.25) is 0 Å². The summed E-state index contributed by atoms with van der Waals surface area (Å²) in [5, 5.41) is 0. The second kappa shape index (κ2) is 5.73. The number of benzene rings is 2. The van der Waals surface area contributed by atoms with Crippen LogP contribution in [0.15, 0.2) is 48.5 Å². The van der Waals surface area contributed by atoms with Crippen molar-refractivity contribution in [3.05, 3.63) is 60.7 Å². The third-order valence-corrected chi connectivity index (χ3v) is 1.71. The van der Waals surface area contributed by atoms with E-state index in [1.807, 2.05) is 48.5 Å². The molecule has 0 N–H and O–H groups in total. The summed E-state index contributed by atoms with van der Waals surface area (Å²) in [5.41, 5.74) is 2.19. The Morgan fingerprint density at radius 2 is 1.15 bits per heavy atom. The molecule has 1 heteroatoms. The monoisotopic (exact) mass is 191 g/mol. The molecule has 0 heterocycles. The summed E-state index contributed by atoms with van der Waals surface area (Å²) >= 11 is 0. The molecule has 0 radical (unpaired) electrons. The Labute approximate surface area is 121 Å². The first-order valence-corrected chi connectivity index (χ1v) is 3.90. The van der Waals surface area contributed by atoms with Crippen molar-refractivity contribution in [1.29, 1.82) is 0 Å². The van der Waals surface area contributed by atoms with E-state index in [-0.39, 0.29) is 51.4 Å². The summed E-state index contributed by atoms with van der Waals surface area (Å²) in [4.78, 5) is 0. The van der Waals surface area contributed by atoms with Gasteiger partial charge in [0.1, 0.15) is 0 Å². The standard InChI is InChI=1S/C12H8.K/c1-3-7-11(8-4-1)12-9-5-2-6-10-12;/h1-7,9H;/q-2;+1. The summed E-state index contributed by atoms with van der Waals surface area (Å²) in [7, 11) is 0. The Morgan fingerprint density at radius 1 is 0.692 bits per heavy atom. The van der Waals surface area contributed by atoms with Crippen molar-refractivity contribution in [2.24, 2.45) is 0 Å². The van der Waals surface area contributed by atoms with Crippen LogP contribution in [0, 0.1) is 12.1 Å². The molecular formula is C12H8K-. The zero-order valence-electron chi connectivity index (χ0n) is 7.62. The van der Waals surface area contributed by atoms with Crippen molar-refractivity contribution in [2.75, 3.05) is 0 Å². The largest absolute Gasteiger partial charge is 1.00 e. The van der Waals surface area contributed by atoms with E-state index in [4.69, 9.17) is 0 Å². The third-order valence-electron chi connectivity index (χ3n) is 1.71. The molecule has 0 saturated carbocycles. The average Bonchev–Trinajstić information content (AvgIpc) is 2.21. The Morgan fingerprint density at radius 3 is 1.46 bits per heavy atom. The van der Waals surface area contributed by atoms with E-state index in [2.05, 4.69) is 12.1 Å². The fourth-order valence-electron chi connectivity index (χ4n) is 1.12. The van der Waals surface area contributed by atoms with Crippen LogP contribution in [0.25, 0.3) is 11.1 Å². The summed E-state index contributed by atoms with van der Waals surface area (Å²) < 4.78 is 0. The molecule has 2 aromatic rings. The van der Waals surface area contributed by atoms with Crippen molar-refractivity contribution < 1.29 is 51.4 Å². The van der Waals surface area contributed by atoms with Gasteiger partial charge in [-0.2, -0.15) is 48.5 Å². The number of rotatable bonds is 1. The van der Waals surface area contributed by atoms with Crippen LogP contribution in [0.1, 0.15) is 0 Å². The predicted molar refractivity (Wildman–Crippen MR) is 49.6 cm³/mol. The van der Waals surface area contributed by atoms with Crippen LogP contribution in [0.4, 0.5) is 0 Å². The average molecular weight is 191 g/mol. The van der Waals surface area contributed by atoms with Crippen LogP contribution in [0.5, 0.6) is 0 Å². The minimum Gasteiger partial charge on any atom is -0.226 e. The van der Waals surface area contributed by atoms with Gasteiger partial charge in [-0.25, -0.2) is 11.1 Å². The van der Waals surface area contributed by atoms with Crippen LogP contribution in [0.3, 0.4) is 0 Å². The van der Waals surface area contributed by atoms with Gasteiger partial charge < -0.3 is 0 Å². The van der Waals surface area contributed by atoms with E-state index in [9.17, 15) is 0 Å². The van der Waals surface area contributed by atoms with E-state index in [1.165, 1.54) is 0 Å². The molecule has 0 amide bonds. The van der Waals surface area contributed by atoms with E-state index < -0.39 is 0 Å². The molecule has 0 spiro atoms. The zero-order valence-corrected chi connectivity index (χ0v) is 10.7. The van der Waals surface area contributed by atoms with Crippen molar-refractivity contribution in [2.45, 2.75) is 0 Å². The van der Waals surface area contributed by atoms with Crippen molar-refractivity contribution in [3.8, 4) is 11.1 Å². The molecule has 0 atom stereocenters. The molecule has 2 aromatic carbocycles. The quantitative estimate of drug-likeness (QED) is 0.438. The van der Waals surface area contributed by atoms with E-state index in [0.717, 1.165) is 11.1 Å². The topological polar surface area (TPSA) is 0 Å². The maximum absolute atomic E-state index is 3.15. The first-order chi connectivity index (χ1) is 5.97. The van der Waals surface area contributed by atoms with Crippen molar-refractivity contribution >= 4 is 0 Å². The van der Waals surface area contributed by atoms with Gasteiger partial charge in [0.05, 0.1) is 0 Å². The molecule has 58 valence electrons. The maximum atomic E-state index is 3.15. The number of hydrogen-bond donors (Lipinski definition) is 0. The normalized spacial score (nSPS) is 8.92. The summed E-state index contributed by atoms with van der Waals surface area (Å²) in [6, 6.07) is 22.1. The molecule has 0 aromatic heterocycles. The molecule has 0 fully saturated rings. The van der Waals surface area contributed by atoms with Crippen molar-refractivity contribution in [1.82, 2.24) is 0 Å². The Balaban J connectivity index is 0.000000845. The van der Waals surface area contributed by atoms with Crippen molar-refractivity contribution in [3.63, 3.8) is 0 Å². The van der Waals surface area contributed by atoms with Gasteiger partial charge in [-0.1, -0.05) is 0 Å². The summed E-state index contributed by atoms with van der Waals surface area (Å²) in [6.45, 7) is 0. The molecule has 0 aliphatic carbocycles. The maximum Gasteiger partial charge on any atom is 1.00 e. The van der Waals surface area contributed by atoms with Gasteiger partial charge >= 0.3 is 51.4 Å². The summed E-state index contributed by atoms with van der Waals surface area (Å²) in [6.07, 6.45) is 0. The second-order valence-corrected chi connectivity index (χ2v) is 2.55. The second-order valence-electron chi connectivity index (χ2n) is 2.55.